The summed E-state index contributed by atoms with van der Waals surface area (Å²) in [6, 6.07) is 5.57. The highest BCUT2D eigenvalue weighted by atomic mass is 16.4. The van der Waals surface area contributed by atoms with E-state index in [2.05, 4.69) is 0 Å². The van der Waals surface area contributed by atoms with Crippen LogP contribution >= 0.6 is 0 Å². The lowest BCUT2D eigenvalue weighted by Crippen LogP contribution is -2.10. The molecule has 0 heterocycles. The van der Waals surface area contributed by atoms with Gasteiger partial charge >= 0.3 is 5.97 Å². The number of aryl methyl sites for hydroxylation is 1. The summed E-state index contributed by atoms with van der Waals surface area (Å²) in [4.78, 5) is 10.7. The molecule has 0 saturated heterocycles. The fourth-order valence-corrected chi connectivity index (χ4v) is 1.68. The van der Waals surface area contributed by atoms with Crippen LogP contribution in [0.25, 0.3) is 6.08 Å². The second kappa shape index (κ2) is 3.33. The summed E-state index contributed by atoms with van der Waals surface area (Å²) in [5.74, 6) is -0.826. The number of hydrogen-bond donors (Lipinski definition) is 1. The number of carboxylic acids is 1. The highest BCUT2D eigenvalue weighted by molar-refractivity contribution is 6.32. The molecule has 0 unspecified atom stereocenters. The molecule has 1 aliphatic rings. The van der Waals surface area contributed by atoms with Gasteiger partial charge in [0, 0.05) is 5.57 Å². The van der Waals surface area contributed by atoms with Crippen LogP contribution in [0.3, 0.4) is 0 Å². The van der Waals surface area contributed by atoms with Crippen LogP contribution in [0.5, 0.6) is 0 Å². The van der Waals surface area contributed by atoms with Crippen molar-refractivity contribution in [3.05, 3.63) is 34.9 Å². The minimum atomic E-state index is -0.826. The zero-order valence-electron chi connectivity index (χ0n) is 7.66. The van der Waals surface area contributed by atoms with Gasteiger partial charge in [0.1, 0.15) is 7.85 Å². The molecule has 68 valence electrons. The summed E-state index contributed by atoms with van der Waals surface area (Å²) in [6.45, 7) is 0. The number of carbonyl (C=O) groups is 1. The molecule has 1 aromatic rings. The first-order chi connectivity index (χ1) is 6.66. The summed E-state index contributed by atoms with van der Waals surface area (Å²) >= 11 is 0. The van der Waals surface area contributed by atoms with E-state index in [4.69, 9.17) is 13.0 Å². The summed E-state index contributed by atoms with van der Waals surface area (Å²) in [5, 5.41) is 8.83. The van der Waals surface area contributed by atoms with Gasteiger partial charge in [0.05, 0.1) is 0 Å². The zero-order chi connectivity index (χ0) is 10.1. The van der Waals surface area contributed by atoms with E-state index in [1.165, 1.54) is 0 Å². The van der Waals surface area contributed by atoms with E-state index < -0.39 is 5.97 Å². The van der Waals surface area contributed by atoms with Crippen molar-refractivity contribution in [1.82, 2.24) is 0 Å². The van der Waals surface area contributed by atoms with Crippen molar-refractivity contribution in [1.29, 1.82) is 0 Å². The Balaban J connectivity index is 2.45. The predicted octanol–water partition coefficient (Wildman–Crippen LogP) is 0.895. The van der Waals surface area contributed by atoms with Crippen LogP contribution in [0.2, 0.25) is 0 Å². The molecule has 1 aromatic carbocycles. The monoisotopic (exact) mass is 184 g/mol. The minimum absolute atomic E-state index is 0.474. The normalized spacial score (nSPS) is 14.4. The van der Waals surface area contributed by atoms with Crippen molar-refractivity contribution in [3.8, 4) is 0 Å². The number of fused-ring (bicyclic) bond motifs is 1. The number of aliphatic carboxylic acids is 1. The number of hydrogen-bond acceptors (Lipinski definition) is 1. The van der Waals surface area contributed by atoms with Crippen molar-refractivity contribution in [2.24, 2.45) is 0 Å². The van der Waals surface area contributed by atoms with E-state index in [0.717, 1.165) is 23.0 Å². The average molecular weight is 184 g/mol. The fraction of sp³-hybridized carbons (Fsp3) is 0.182. The maximum absolute atomic E-state index is 10.7. The molecule has 0 amide bonds. The molecule has 1 aliphatic carbocycles. The third kappa shape index (κ3) is 1.58. The molecule has 0 fully saturated rings. The Bertz CT molecular complexity index is 421. The first kappa shape index (κ1) is 9.07. The third-order valence-corrected chi connectivity index (χ3v) is 2.44. The third-order valence-electron chi connectivity index (χ3n) is 2.44. The summed E-state index contributed by atoms with van der Waals surface area (Å²) in [5.41, 5.74) is 3.32. The van der Waals surface area contributed by atoms with Crippen LogP contribution in [0.4, 0.5) is 0 Å². The van der Waals surface area contributed by atoms with E-state index in [0.29, 0.717) is 12.0 Å². The number of benzene rings is 1. The molecule has 3 heteroatoms. The Morgan fingerprint density at radius 2 is 2.14 bits per heavy atom. The first-order valence-corrected chi connectivity index (χ1v) is 4.49. The Morgan fingerprint density at radius 3 is 2.86 bits per heavy atom. The maximum atomic E-state index is 10.7. The largest absolute Gasteiger partial charge is 0.478 e. The maximum Gasteiger partial charge on any atom is 0.331 e. The molecule has 2 rings (SSSR count). The summed E-state index contributed by atoms with van der Waals surface area (Å²) in [6.07, 6.45) is 3.07. The first-order valence-electron chi connectivity index (χ1n) is 4.49. The molecular formula is C11H9BO2. The van der Waals surface area contributed by atoms with E-state index in [1.807, 2.05) is 12.1 Å². The molecule has 2 nitrogen and oxygen atoms in total. The molecule has 14 heavy (non-hydrogen) atoms. The van der Waals surface area contributed by atoms with Crippen LogP contribution in [0.1, 0.15) is 17.5 Å². The second-order valence-electron chi connectivity index (χ2n) is 3.43. The standard InChI is InChI=1S/C11H9BO2/c12-10-4-3-7-5-9(11(13)14)2-1-8(7)6-10/h3-6H,1-2H2,(H,13,14). The smallest absolute Gasteiger partial charge is 0.331 e. The lowest BCUT2D eigenvalue weighted by molar-refractivity contribution is -0.132. The van der Waals surface area contributed by atoms with Gasteiger partial charge in [-0.15, -0.1) is 0 Å². The molecule has 0 aromatic heterocycles. The average Bonchev–Trinajstić information content (AvgIpc) is 2.16. The van der Waals surface area contributed by atoms with Gasteiger partial charge in [-0.25, -0.2) is 4.79 Å². The van der Waals surface area contributed by atoms with Crippen molar-refractivity contribution in [2.45, 2.75) is 12.8 Å². The summed E-state index contributed by atoms with van der Waals surface area (Å²) in [7, 11) is 5.64. The van der Waals surface area contributed by atoms with Crippen LogP contribution in [-0.4, -0.2) is 18.9 Å². The Hall–Kier alpha value is -1.51. The van der Waals surface area contributed by atoms with E-state index >= 15 is 0 Å². The Morgan fingerprint density at radius 1 is 1.36 bits per heavy atom. The van der Waals surface area contributed by atoms with Crippen LogP contribution < -0.4 is 5.46 Å². The van der Waals surface area contributed by atoms with Gasteiger partial charge in [-0.05, 0) is 30.0 Å². The molecule has 0 atom stereocenters. The molecule has 2 radical (unpaired) electrons. The highest BCUT2D eigenvalue weighted by Gasteiger charge is 2.14. The van der Waals surface area contributed by atoms with Crippen LogP contribution in [0, 0.1) is 0 Å². The summed E-state index contributed by atoms with van der Waals surface area (Å²) < 4.78 is 0. The molecule has 0 aliphatic heterocycles. The second-order valence-corrected chi connectivity index (χ2v) is 3.43. The lowest BCUT2D eigenvalue weighted by Gasteiger charge is -2.14. The van der Waals surface area contributed by atoms with Crippen LogP contribution in [0.15, 0.2) is 23.8 Å². The van der Waals surface area contributed by atoms with E-state index in [1.54, 1.807) is 12.1 Å². The lowest BCUT2D eigenvalue weighted by atomic mass is 9.86. The van der Waals surface area contributed by atoms with Gasteiger partial charge in [0.25, 0.3) is 0 Å². The van der Waals surface area contributed by atoms with E-state index in [-0.39, 0.29) is 0 Å². The van der Waals surface area contributed by atoms with Crippen molar-refractivity contribution in [2.75, 3.05) is 0 Å². The number of rotatable bonds is 1. The van der Waals surface area contributed by atoms with Crippen molar-refractivity contribution < 1.29 is 9.90 Å². The molecule has 1 N–H and O–H groups in total. The van der Waals surface area contributed by atoms with Crippen LogP contribution in [-0.2, 0) is 11.2 Å². The van der Waals surface area contributed by atoms with Crippen molar-refractivity contribution in [3.63, 3.8) is 0 Å². The van der Waals surface area contributed by atoms with E-state index in [9.17, 15) is 4.79 Å². The molecule has 0 bridgehead atoms. The predicted molar refractivity (Wildman–Crippen MR) is 55.8 cm³/mol. The molecule has 0 spiro atoms. The SMILES string of the molecule is [B]c1ccc2c(c1)CCC(C(=O)O)=C2. The van der Waals surface area contributed by atoms with Gasteiger partial charge in [-0.1, -0.05) is 23.7 Å². The molecular weight excluding hydrogens is 175 g/mol. The van der Waals surface area contributed by atoms with Gasteiger partial charge in [-0.3, -0.25) is 0 Å². The van der Waals surface area contributed by atoms with Crippen molar-refractivity contribution >= 4 is 25.4 Å². The Labute approximate surface area is 83.7 Å². The van der Waals surface area contributed by atoms with Gasteiger partial charge in [-0.2, -0.15) is 0 Å². The van der Waals surface area contributed by atoms with Gasteiger partial charge in [0.15, 0.2) is 0 Å². The quantitative estimate of drug-likeness (QED) is 0.658. The fourth-order valence-electron chi connectivity index (χ4n) is 1.68. The minimum Gasteiger partial charge on any atom is -0.478 e. The van der Waals surface area contributed by atoms with Gasteiger partial charge in [0.2, 0.25) is 0 Å². The zero-order valence-corrected chi connectivity index (χ0v) is 7.66. The highest BCUT2D eigenvalue weighted by Crippen LogP contribution is 2.22. The number of carboxylic acid groups (broad SMARTS) is 1. The van der Waals surface area contributed by atoms with Gasteiger partial charge < -0.3 is 5.11 Å². The molecule has 0 saturated carbocycles. The Kier molecular flexibility index (Phi) is 2.16. The topological polar surface area (TPSA) is 37.3 Å².